The monoisotopic (exact) mass is 505 g/mol. The number of amides is 1. The molecule has 6 nitrogen and oxygen atoms in total. The SMILES string of the molecule is O=C(CN(c1ccc(Cl)cc1)S(=O)(=O)c1ccccc1)N/N=C/c1ccccc1Br. The first-order chi connectivity index (χ1) is 14.4. The van der Waals surface area contributed by atoms with Crippen LogP contribution in [0.15, 0.2) is 93.3 Å². The lowest BCUT2D eigenvalue weighted by Gasteiger charge is -2.23. The summed E-state index contributed by atoms with van der Waals surface area (Å²) in [6.45, 7) is -0.452. The number of rotatable bonds is 7. The Bertz CT molecular complexity index is 1150. The van der Waals surface area contributed by atoms with Crippen LogP contribution in [-0.2, 0) is 14.8 Å². The van der Waals surface area contributed by atoms with Crippen LogP contribution in [0.5, 0.6) is 0 Å². The molecule has 3 aromatic carbocycles. The van der Waals surface area contributed by atoms with E-state index in [2.05, 4.69) is 26.5 Å². The third kappa shape index (κ3) is 5.47. The van der Waals surface area contributed by atoms with Gasteiger partial charge in [-0.2, -0.15) is 5.10 Å². The van der Waals surface area contributed by atoms with E-state index < -0.39 is 22.5 Å². The molecule has 0 radical (unpaired) electrons. The summed E-state index contributed by atoms with van der Waals surface area (Å²) in [7, 11) is -3.98. The van der Waals surface area contributed by atoms with Crippen molar-refractivity contribution in [3.8, 4) is 0 Å². The van der Waals surface area contributed by atoms with Gasteiger partial charge in [-0.05, 0) is 42.5 Å². The normalized spacial score (nSPS) is 11.4. The number of hydrogen-bond donors (Lipinski definition) is 1. The molecule has 0 aliphatic rings. The Labute approximate surface area is 188 Å². The molecule has 154 valence electrons. The maximum absolute atomic E-state index is 13.2. The molecule has 9 heteroatoms. The van der Waals surface area contributed by atoms with Crippen LogP contribution < -0.4 is 9.73 Å². The van der Waals surface area contributed by atoms with E-state index in [-0.39, 0.29) is 4.90 Å². The topological polar surface area (TPSA) is 78.8 Å². The zero-order valence-corrected chi connectivity index (χ0v) is 18.7. The van der Waals surface area contributed by atoms with E-state index in [9.17, 15) is 13.2 Å². The zero-order valence-electron chi connectivity index (χ0n) is 15.6. The summed E-state index contributed by atoms with van der Waals surface area (Å²) < 4.78 is 28.2. The minimum atomic E-state index is -3.98. The lowest BCUT2D eigenvalue weighted by molar-refractivity contribution is -0.119. The van der Waals surface area contributed by atoms with Crippen molar-refractivity contribution in [3.05, 3.63) is 93.9 Å². The second kappa shape index (κ2) is 9.88. The van der Waals surface area contributed by atoms with E-state index in [4.69, 9.17) is 11.6 Å². The number of nitrogens with one attached hydrogen (secondary N) is 1. The van der Waals surface area contributed by atoms with Crippen LogP contribution in [0.25, 0.3) is 0 Å². The second-order valence-corrected chi connectivity index (χ2v) is 9.27. The molecular weight excluding hydrogens is 490 g/mol. The molecule has 0 spiro atoms. The van der Waals surface area contributed by atoms with Gasteiger partial charge in [0, 0.05) is 15.1 Å². The van der Waals surface area contributed by atoms with Gasteiger partial charge >= 0.3 is 0 Å². The van der Waals surface area contributed by atoms with Crippen LogP contribution in [-0.4, -0.2) is 27.1 Å². The van der Waals surface area contributed by atoms with Crippen LogP contribution in [0.4, 0.5) is 5.69 Å². The van der Waals surface area contributed by atoms with Crippen molar-refractivity contribution in [2.75, 3.05) is 10.8 Å². The van der Waals surface area contributed by atoms with Crippen molar-refractivity contribution in [1.82, 2.24) is 5.43 Å². The van der Waals surface area contributed by atoms with Gasteiger partial charge < -0.3 is 0 Å². The molecule has 0 atom stereocenters. The lowest BCUT2D eigenvalue weighted by atomic mass is 10.2. The molecule has 0 aliphatic heterocycles. The summed E-state index contributed by atoms with van der Waals surface area (Å²) >= 11 is 9.31. The Morgan fingerprint density at radius 2 is 1.63 bits per heavy atom. The van der Waals surface area contributed by atoms with Crippen LogP contribution in [0.1, 0.15) is 5.56 Å². The summed E-state index contributed by atoms with van der Waals surface area (Å²) in [5.74, 6) is -0.590. The number of halogens is 2. The van der Waals surface area contributed by atoms with E-state index in [1.807, 2.05) is 24.3 Å². The first-order valence-electron chi connectivity index (χ1n) is 8.78. The Morgan fingerprint density at radius 3 is 2.30 bits per heavy atom. The molecule has 0 aromatic heterocycles. The zero-order chi connectivity index (χ0) is 21.6. The van der Waals surface area contributed by atoms with Crippen molar-refractivity contribution in [2.45, 2.75) is 4.90 Å². The van der Waals surface area contributed by atoms with Gasteiger partial charge in [-0.1, -0.05) is 63.9 Å². The Kier molecular flexibility index (Phi) is 7.25. The average Bonchev–Trinajstić information content (AvgIpc) is 2.75. The summed E-state index contributed by atoms with van der Waals surface area (Å²) in [5.41, 5.74) is 3.45. The fraction of sp³-hybridized carbons (Fsp3) is 0.0476. The van der Waals surface area contributed by atoms with E-state index >= 15 is 0 Å². The lowest BCUT2D eigenvalue weighted by Crippen LogP contribution is -2.39. The first kappa shape index (κ1) is 22.0. The maximum atomic E-state index is 13.2. The number of anilines is 1. The van der Waals surface area contributed by atoms with Gasteiger partial charge in [0.2, 0.25) is 0 Å². The molecule has 3 aromatic rings. The van der Waals surface area contributed by atoms with Gasteiger partial charge in [0.1, 0.15) is 6.54 Å². The van der Waals surface area contributed by atoms with E-state index in [0.29, 0.717) is 10.7 Å². The Morgan fingerprint density at radius 1 is 1.00 bits per heavy atom. The van der Waals surface area contributed by atoms with Gasteiger partial charge in [0.15, 0.2) is 0 Å². The van der Waals surface area contributed by atoms with Crippen molar-refractivity contribution in [1.29, 1.82) is 0 Å². The van der Waals surface area contributed by atoms with Crippen molar-refractivity contribution in [2.24, 2.45) is 5.10 Å². The number of carbonyl (C=O) groups is 1. The predicted molar refractivity (Wildman–Crippen MR) is 122 cm³/mol. The summed E-state index contributed by atoms with van der Waals surface area (Å²) in [6, 6.07) is 21.5. The van der Waals surface area contributed by atoms with Crippen molar-refractivity contribution < 1.29 is 13.2 Å². The fourth-order valence-corrected chi connectivity index (χ4v) is 4.52. The highest BCUT2D eigenvalue weighted by Crippen LogP contribution is 2.25. The molecule has 0 fully saturated rings. The quantitative estimate of drug-likeness (QED) is 0.380. The molecule has 0 unspecified atom stereocenters. The summed E-state index contributed by atoms with van der Waals surface area (Å²) in [6.07, 6.45) is 1.47. The van der Waals surface area contributed by atoms with Gasteiger partial charge in [0.25, 0.3) is 15.9 Å². The summed E-state index contributed by atoms with van der Waals surface area (Å²) in [5, 5.41) is 4.38. The van der Waals surface area contributed by atoms with Gasteiger partial charge in [0.05, 0.1) is 16.8 Å². The minimum Gasteiger partial charge on any atom is -0.271 e. The highest BCUT2D eigenvalue weighted by Gasteiger charge is 2.27. The van der Waals surface area contributed by atoms with Crippen molar-refractivity contribution in [3.63, 3.8) is 0 Å². The molecule has 3 rings (SSSR count). The van der Waals surface area contributed by atoms with E-state index in [0.717, 1.165) is 14.3 Å². The number of hydrazone groups is 1. The van der Waals surface area contributed by atoms with Gasteiger partial charge in [-0.15, -0.1) is 0 Å². The molecule has 0 aliphatic carbocycles. The van der Waals surface area contributed by atoms with Crippen molar-refractivity contribution >= 4 is 55.4 Å². The molecule has 0 bridgehead atoms. The summed E-state index contributed by atoms with van der Waals surface area (Å²) in [4.78, 5) is 12.6. The molecule has 0 saturated heterocycles. The Hall–Kier alpha value is -2.68. The number of benzene rings is 3. The van der Waals surface area contributed by atoms with Crippen LogP contribution >= 0.6 is 27.5 Å². The maximum Gasteiger partial charge on any atom is 0.264 e. The van der Waals surface area contributed by atoms with E-state index in [1.54, 1.807) is 42.5 Å². The highest BCUT2D eigenvalue weighted by atomic mass is 79.9. The largest absolute Gasteiger partial charge is 0.271 e. The average molecular weight is 507 g/mol. The van der Waals surface area contributed by atoms with Crippen LogP contribution in [0.2, 0.25) is 5.02 Å². The fourth-order valence-electron chi connectivity index (χ4n) is 2.56. The number of sulfonamides is 1. The molecular formula is C21H17BrClN3O3S. The molecule has 0 saturated carbocycles. The van der Waals surface area contributed by atoms with Gasteiger partial charge in [-0.25, -0.2) is 13.8 Å². The smallest absolute Gasteiger partial charge is 0.264 e. The molecule has 1 amide bonds. The molecule has 30 heavy (non-hydrogen) atoms. The predicted octanol–water partition coefficient (Wildman–Crippen LogP) is 4.45. The Balaban J connectivity index is 1.83. The second-order valence-electron chi connectivity index (χ2n) is 6.12. The molecule has 0 heterocycles. The van der Waals surface area contributed by atoms with E-state index in [1.165, 1.54) is 18.3 Å². The minimum absolute atomic E-state index is 0.0736. The van der Waals surface area contributed by atoms with Gasteiger partial charge in [-0.3, -0.25) is 9.10 Å². The first-order valence-corrected chi connectivity index (χ1v) is 11.4. The standard InChI is InChI=1S/C21H17BrClN3O3S/c22-20-9-5-4-6-16(20)14-24-25-21(27)15-26(18-12-10-17(23)11-13-18)30(28,29)19-7-2-1-3-8-19/h1-14H,15H2,(H,25,27)/b24-14+. The van der Waals surface area contributed by atoms with Crippen LogP contribution in [0.3, 0.4) is 0 Å². The number of carbonyl (C=O) groups excluding carboxylic acids is 1. The third-order valence-corrected chi connectivity index (χ3v) is 6.79. The third-order valence-electron chi connectivity index (χ3n) is 4.03. The number of hydrogen-bond acceptors (Lipinski definition) is 4. The number of nitrogens with zero attached hydrogens (tertiary/aromatic N) is 2. The van der Waals surface area contributed by atoms with Crippen LogP contribution in [0, 0.1) is 0 Å². The highest BCUT2D eigenvalue weighted by molar-refractivity contribution is 9.10. The molecule has 1 N–H and O–H groups in total.